The number of nitrogens with one attached hydrogen (secondary N) is 2. The van der Waals surface area contributed by atoms with Crippen LogP contribution in [0.3, 0.4) is 0 Å². The molecule has 0 fully saturated rings. The van der Waals surface area contributed by atoms with E-state index in [0.29, 0.717) is 23.8 Å². The van der Waals surface area contributed by atoms with E-state index in [2.05, 4.69) is 15.6 Å². The highest BCUT2D eigenvalue weighted by molar-refractivity contribution is 7.92. The molecule has 4 aromatic rings. The lowest BCUT2D eigenvalue weighted by atomic mass is 10.1. The summed E-state index contributed by atoms with van der Waals surface area (Å²) in [5.74, 6) is -0.115. The molecule has 9 heteroatoms. The summed E-state index contributed by atoms with van der Waals surface area (Å²) >= 11 is 6.03. The van der Waals surface area contributed by atoms with Crippen LogP contribution in [-0.2, 0) is 21.2 Å². The summed E-state index contributed by atoms with van der Waals surface area (Å²) in [7, 11) is -2.13. The molecule has 0 unspecified atom stereocenters. The van der Waals surface area contributed by atoms with Crippen molar-refractivity contribution in [1.29, 1.82) is 0 Å². The normalized spacial score (nSPS) is 11.3. The summed E-state index contributed by atoms with van der Waals surface area (Å²) in [6, 6.07) is 22.6. The fourth-order valence-electron chi connectivity index (χ4n) is 3.64. The molecule has 3 aromatic carbocycles. The van der Waals surface area contributed by atoms with E-state index in [-0.39, 0.29) is 17.2 Å². The average molecular weight is 509 g/mol. The summed E-state index contributed by atoms with van der Waals surface area (Å²) in [5.41, 5.74) is 3.04. The van der Waals surface area contributed by atoms with Crippen molar-refractivity contribution in [3.05, 3.63) is 95.6 Å². The Kier molecular flexibility index (Phi) is 7.53. The van der Waals surface area contributed by atoms with Gasteiger partial charge < -0.3 is 10.6 Å². The van der Waals surface area contributed by atoms with Crippen molar-refractivity contribution in [3.63, 3.8) is 0 Å². The molecule has 7 nitrogen and oxygen atoms in total. The largest absolute Gasteiger partial charge is 0.383 e. The van der Waals surface area contributed by atoms with Gasteiger partial charge in [0.25, 0.3) is 10.0 Å². The van der Waals surface area contributed by atoms with Crippen molar-refractivity contribution in [2.75, 3.05) is 29.8 Å². The van der Waals surface area contributed by atoms with Crippen LogP contribution in [0.2, 0.25) is 5.02 Å². The van der Waals surface area contributed by atoms with E-state index < -0.39 is 10.0 Å². The van der Waals surface area contributed by atoms with E-state index in [9.17, 15) is 13.2 Å². The Balaban J connectivity index is 1.28. The predicted octanol–water partition coefficient (Wildman–Crippen LogP) is 4.48. The van der Waals surface area contributed by atoms with Crippen molar-refractivity contribution < 1.29 is 13.2 Å². The molecular weight excluding hydrogens is 484 g/mol. The first kappa shape index (κ1) is 24.5. The molecule has 0 aliphatic heterocycles. The number of pyridine rings is 1. The van der Waals surface area contributed by atoms with Gasteiger partial charge in [0.05, 0.1) is 22.5 Å². The number of nitrogens with zero attached hydrogens (tertiary/aromatic N) is 2. The maximum absolute atomic E-state index is 12.8. The summed E-state index contributed by atoms with van der Waals surface area (Å²) in [6.07, 6.45) is 1.91. The minimum absolute atomic E-state index is 0.115. The van der Waals surface area contributed by atoms with Crippen LogP contribution in [0.25, 0.3) is 10.9 Å². The number of sulfonamides is 1. The molecule has 1 amide bonds. The van der Waals surface area contributed by atoms with Crippen LogP contribution in [0.1, 0.15) is 5.56 Å². The van der Waals surface area contributed by atoms with Gasteiger partial charge in [0, 0.05) is 42.4 Å². The molecule has 0 aliphatic carbocycles. The second-order valence-corrected chi connectivity index (χ2v) is 10.3. The van der Waals surface area contributed by atoms with Gasteiger partial charge in [0.2, 0.25) is 5.91 Å². The molecular formula is C26H25ClN4O3S. The Morgan fingerprint density at radius 1 is 0.971 bits per heavy atom. The molecule has 2 N–H and O–H groups in total. The van der Waals surface area contributed by atoms with Gasteiger partial charge >= 0.3 is 0 Å². The Labute approximate surface area is 209 Å². The quantitative estimate of drug-likeness (QED) is 0.325. The second kappa shape index (κ2) is 10.8. The highest BCUT2D eigenvalue weighted by Crippen LogP contribution is 2.24. The Bertz CT molecular complexity index is 1430. The molecule has 0 radical (unpaired) electrons. The number of benzene rings is 3. The lowest BCUT2D eigenvalue weighted by Gasteiger charge is -2.19. The molecule has 1 aromatic heterocycles. The van der Waals surface area contributed by atoms with Crippen LogP contribution < -0.4 is 14.9 Å². The molecule has 0 saturated heterocycles. The lowest BCUT2D eigenvalue weighted by molar-refractivity contribution is -0.120. The zero-order chi connectivity index (χ0) is 24.8. The highest BCUT2D eigenvalue weighted by Gasteiger charge is 2.20. The van der Waals surface area contributed by atoms with Crippen molar-refractivity contribution >= 4 is 49.8 Å². The molecule has 0 aliphatic rings. The number of amides is 1. The Morgan fingerprint density at radius 2 is 1.71 bits per heavy atom. The highest BCUT2D eigenvalue weighted by atomic mass is 35.5. The molecule has 0 atom stereocenters. The summed E-state index contributed by atoms with van der Waals surface area (Å²) < 4.78 is 26.8. The Morgan fingerprint density at radius 3 is 2.46 bits per heavy atom. The van der Waals surface area contributed by atoms with Gasteiger partial charge in [-0.2, -0.15) is 0 Å². The third-order valence-corrected chi connectivity index (χ3v) is 7.57. The number of hydrogen-bond acceptors (Lipinski definition) is 5. The maximum atomic E-state index is 12.8. The van der Waals surface area contributed by atoms with Crippen molar-refractivity contribution in [2.24, 2.45) is 0 Å². The standard InChI is InChI=1S/C26H25ClN4O3S/c1-31(35(33,34)22-5-3-2-4-6-22)21-10-7-19(8-11-21)17-26(32)30-16-15-29-24-13-14-28-25-18-20(27)9-12-23(24)25/h2-14,18H,15-17H2,1H3,(H,28,29)(H,30,32). The fourth-order valence-corrected chi connectivity index (χ4v) is 5.02. The SMILES string of the molecule is CN(c1ccc(CC(=O)NCCNc2ccnc3cc(Cl)ccc23)cc1)S(=O)(=O)c1ccccc1. The van der Waals surface area contributed by atoms with Gasteiger partial charge in [0.1, 0.15) is 0 Å². The van der Waals surface area contributed by atoms with Crippen LogP contribution in [0.4, 0.5) is 11.4 Å². The maximum Gasteiger partial charge on any atom is 0.264 e. The van der Waals surface area contributed by atoms with Crippen molar-refractivity contribution in [3.8, 4) is 0 Å². The number of carbonyl (C=O) groups excluding carboxylic acids is 1. The topological polar surface area (TPSA) is 91.4 Å². The number of hydrogen-bond donors (Lipinski definition) is 2. The fraction of sp³-hybridized carbons (Fsp3) is 0.154. The van der Waals surface area contributed by atoms with Crippen LogP contribution in [0, 0.1) is 0 Å². The van der Waals surface area contributed by atoms with Crippen LogP contribution >= 0.6 is 11.6 Å². The van der Waals surface area contributed by atoms with Gasteiger partial charge in [-0.25, -0.2) is 8.42 Å². The van der Waals surface area contributed by atoms with E-state index in [4.69, 9.17) is 11.6 Å². The zero-order valence-electron chi connectivity index (χ0n) is 19.1. The molecule has 0 bridgehead atoms. The third kappa shape index (κ3) is 5.90. The first-order valence-corrected chi connectivity index (χ1v) is 12.8. The molecule has 35 heavy (non-hydrogen) atoms. The number of rotatable bonds is 9. The first-order chi connectivity index (χ1) is 16.8. The summed E-state index contributed by atoms with van der Waals surface area (Å²) in [6.45, 7) is 1.00. The van der Waals surface area contributed by atoms with Gasteiger partial charge in [-0.15, -0.1) is 0 Å². The number of aromatic nitrogens is 1. The van der Waals surface area contributed by atoms with Gasteiger partial charge in [0.15, 0.2) is 0 Å². The first-order valence-electron chi connectivity index (χ1n) is 11.0. The molecule has 0 spiro atoms. The molecule has 180 valence electrons. The van der Waals surface area contributed by atoms with Crippen LogP contribution in [0.15, 0.2) is 90.0 Å². The molecule has 1 heterocycles. The van der Waals surface area contributed by atoms with Gasteiger partial charge in [-0.3, -0.25) is 14.1 Å². The molecule has 0 saturated carbocycles. The number of halogens is 1. The van der Waals surface area contributed by atoms with E-state index >= 15 is 0 Å². The van der Waals surface area contributed by atoms with E-state index in [1.54, 1.807) is 60.8 Å². The Hall–Kier alpha value is -3.62. The predicted molar refractivity (Wildman–Crippen MR) is 140 cm³/mol. The smallest absolute Gasteiger partial charge is 0.264 e. The lowest BCUT2D eigenvalue weighted by Crippen LogP contribution is -2.30. The van der Waals surface area contributed by atoms with Gasteiger partial charge in [-0.05, 0) is 54.1 Å². The number of anilines is 2. The minimum Gasteiger partial charge on any atom is -0.383 e. The zero-order valence-corrected chi connectivity index (χ0v) is 20.7. The van der Waals surface area contributed by atoms with Crippen molar-refractivity contribution in [1.82, 2.24) is 10.3 Å². The number of carbonyl (C=O) groups is 1. The second-order valence-electron chi connectivity index (χ2n) is 7.93. The molecule has 4 rings (SSSR count). The third-order valence-electron chi connectivity index (χ3n) is 5.53. The van der Waals surface area contributed by atoms with Crippen LogP contribution in [-0.4, -0.2) is 39.4 Å². The van der Waals surface area contributed by atoms with E-state index in [0.717, 1.165) is 22.2 Å². The average Bonchev–Trinajstić information content (AvgIpc) is 2.87. The monoisotopic (exact) mass is 508 g/mol. The van der Waals surface area contributed by atoms with Crippen LogP contribution in [0.5, 0.6) is 0 Å². The van der Waals surface area contributed by atoms with E-state index in [1.807, 2.05) is 24.3 Å². The number of fused-ring (bicyclic) bond motifs is 1. The van der Waals surface area contributed by atoms with Gasteiger partial charge in [-0.1, -0.05) is 41.9 Å². The minimum atomic E-state index is -3.65. The summed E-state index contributed by atoms with van der Waals surface area (Å²) in [4.78, 5) is 16.9. The van der Waals surface area contributed by atoms with Crippen molar-refractivity contribution in [2.45, 2.75) is 11.3 Å². The van der Waals surface area contributed by atoms with E-state index in [1.165, 1.54) is 11.4 Å². The summed E-state index contributed by atoms with van der Waals surface area (Å²) in [5, 5.41) is 7.80.